The third kappa shape index (κ3) is 4.03. The van der Waals surface area contributed by atoms with Crippen LogP contribution in [0.25, 0.3) is 11.1 Å². The number of nitrogens with zero attached hydrogens (tertiary/aromatic N) is 2. The molecule has 1 atom stereocenters. The predicted molar refractivity (Wildman–Crippen MR) is 109 cm³/mol. The van der Waals surface area contributed by atoms with Gasteiger partial charge >= 0.3 is 0 Å². The number of aryl methyl sites for hydroxylation is 1. The minimum absolute atomic E-state index is 0.000785. The first-order valence-corrected chi connectivity index (χ1v) is 9.90. The van der Waals surface area contributed by atoms with Gasteiger partial charge in [-0.05, 0) is 55.6 Å². The second-order valence-corrected chi connectivity index (χ2v) is 7.67. The van der Waals surface area contributed by atoms with E-state index in [4.69, 9.17) is 4.74 Å². The van der Waals surface area contributed by atoms with E-state index in [1.54, 1.807) is 7.11 Å². The zero-order valence-corrected chi connectivity index (χ0v) is 16.7. The summed E-state index contributed by atoms with van der Waals surface area (Å²) in [7, 11) is 1.68. The van der Waals surface area contributed by atoms with E-state index in [-0.39, 0.29) is 11.5 Å². The quantitative estimate of drug-likeness (QED) is 0.655. The highest BCUT2D eigenvalue weighted by atomic mass is 19.1. The first-order valence-electron chi connectivity index (χ1n) is 9.90. The van der Waals surface area contributed by atoms with E-state index in [2.05, 4.69) is 27.2 Å². The van der Waals surface area contributed by atoms with Crippen LogP contribution in [0.15, 0.2) is 42.6 Å². The molecule has 3 aromatic rings. The molecule has 29 heavy (non-hydrogen) atoms. The van der Waals surface area contributed by atoms with Gasteiger partial charge in [-0.15, -0.1) is 0 Å². The Hall–Kier alpha value is -2.73. The normalized spacial score (nSPS) is 17.4. The molecule has 4 nitrogen and oxygen atoms in total. The van der Waals surface area contributed by atoms with E-state index in [1.165, 1.54) is 30.0 Å². The van der Waals surface area contributed by atoms with Crippen LogP contribution in [0.4, 0.5) is 8.78 Å². The fraction of sp³-hybridized carbons (Fsp3) is 0.348. The molecule has 0 spiro atoms. The Bertz CT molecular complexity index is 981. The van der Waals surface area contributed by atoms with Gasteiger partial charge in [-0.25, -0.2) is 8.78 Å². The van der Waals surface area contributed by atoms with Gasteiger partial charge in [0.05, 0.1) is 18.9 Å². The molecule has 2 heterocycles. The van der Waals surface area contributed by atoms with E-state index in [0.29, 0.717) is 5.56 Å². The molecule has 1 N–H and O–H groups in total. The Morgan fingerprint density at radius 1 is 1.21 bits per heavy atom. The Morgan fingerprint density at radius 2 is 2.00 bits per heavy atom. The third-order valence-corrected chi connectivity index (χ3v) is 5.68. The van der Waals surface area contributed by atoms with Crippen molar-refractivity contribution in [2.75, 3.05) is 20.2 Å². The number of H-pyrrole nitrogens is 1. The molecule has 1 aliphatic rings. The fourth-order valence-corrected chi connectivity index (χ4v) is 4.29. The molecule has 2 aromatic carbocycles. The van der Waals surface area contributed by atoms with Gasteiger partial charge in [0.25, 0.3) is 0 Å². The number of piperidine rings is 1. The van der Waals surface area contributed by atoms with Crippen molar-refractivity contribution in [3.05, 3.63) is 71.1 Å². The molecule has 0 aliphatic carbocycles. The molecule has 1 fully saturated rings. The summed E-state index contributed by atoms with van der Waals surface area (Å²) in [6, 6.07) is 10.2. The lowest BCUT2D eigenvalue weighted by Gasteiger charge is -2.33. The van der Waals surface area contributed by atoms with Crippen molar-refractivity contribution in [3.63, 3.8) is 0 Å². The van der Waals surface area contributed by atoms with E-state index in [9.17, 15) is 8.78 Å². The molecule has 0 amide bonds. The zero-order valence-electron chi connectivity index (χ0n) is 16.7. The SMILES string of the molecule is COc1ccc(CN2CCCC(c3[nH]ncc3-c3c(F)cccc3F)C2)cc1C. The molecule has 152 valence electrons. The van der Waals surface area contributed by atoms with Crippen molar-refractivity contribution in [2.45, 2.75) is 32.2 Å². The van der Waals surface area contributed by atoms with E-state index < -0.39 is 11.6 Å². The molecule has 4 rings (SSSR count). The van der Waals surface area contributed by atoms with Crippen molar-refractivity contribution in [2.24, 2.45) is 0 Å². The minimum Gasteiger partial charge on any atom is -0.496 e. The summed E-state index contributed by atoms with van der Waals surface area (Å²) in [4.78, 5) is 2.39. The number of aromatic nitrogens is 2. The van der Waals surface area contributed by atoms with Crippen LogP contribution in [0.3, 0.4) is 0 Å². The van der Waals surface area contributed by atoms with E-state index >= 15 is 0 Å². The number of likely N-dealkylation sites (tertiary alicyclic amines) is 1. The Balaban J connectivity index is 1.54. The summed E-state index contributed by atoms with van der Waals surface area (Å²) in [6.07, 6.45) is 3.52. The highest BCUT2D eigenvalue weighted by Gasteiger charge is 2.27. The Kier molecular flexibility index (Phi) is 5.62. The lowest BCUT2D eigenvalue weighted by molar-refractivity contribution is 0.198. The van der Waals surface area contributed by atoms with Crippen LogP contribution in [-0.2, 0) is 6.54 Å². The molecule has 0 bridgehead atoms. The minimum atomic E-state index is -0.561. The highest BCUT2D eigenvalue weighted by molar-refractivity contribution is 5.67. The molecule has 1 unspecified atom stereocenters. The number of ether oxygens (including phenoxy) is 1. The second kappa shape index (κ2) is 8.33. The molecular weight excluding hydrogens is 372 g/mol. The molecule has 1 aliphatic heterocycles. The van der Waals surface area contributed by atoms with Gasteiger partial charge < -0.3 is 4.74 Å². The van der Waals surface area contributed by atoms with Crippen LogP contribution >= 0.6 is 0 Å². The number of hydrogen-bond donors (Lipinski definition) is 1. The van der Waals surface area contributed by atoms with Crippen LogP contribution in [0.5, 0.6) is 5.75 Å². The number of rotatable bonds is 5. The fourth-order valence-electron chi connectivity index (χ4n) is 4.29. The summed E-state index contributed by atoms with van der Waals surface area (Å²) >= 11 is 0. The predicted octanol–water partition coefficient (Wildman–Crippen LogP) is 5.05. The molecule has 0 radical (unpaired) electrons. The van der Waals surface area contributed by atoms with Gasteiger partial charge in [0.15, 0.2) is 0 Å². The van der Waals surface area contributed by atoms with Gasteiger partial charge in [0.2, 0.25) is 0 Å². The molecule has 0 saturated carbocycles. The number of nitrogens with one attached hydrogen (secondary N) is 1. The average Bonchev–Trinajstić information content (AvgIpc) is 3.18. The summed E-state index contributed by atoms with van der Waals surface area (Å²) in [5, 5.41) is 7.12. The second-order valence-electron chi connectivity index (χ2n) is 7.67. The van der Waals surface area contributed by atoms with Gasteiger partial charge in [-0.2, -0.15) is 5.10 Å². The molecule has 1 aromatic heterocycles. The highest BCUT2D eigenvalue weighted by Crippen LogP contribution is 2.35. The first kappa shape index (κ1) is 19.6. The largest absolute Gasteiger partial charge is 0.496 e. The maximum atomic E-state index is 14.3. The summed E-state index contributed by atoms with van der Waals surface area (Å²) in [5.74, 6) is -0.0815. The summed E-state index contributed by atoms with van der Waals surface area (Å²) < 4.78 is 34.0. The first-order chi connectivity index (χ1) is 14.1. The van der Waals surface area contributed by atoms with Crippen molar-refractivity contribution in [3.8, 4) is 16.9 Å². The van der Waals surface area contributed by atoms with Crippen molar-refractivity contribution < 1.29 is 13.5 Å². The topological polar surface area (TPSA) is 41.1 Å². The number of halogens is 2. The van der Waals surface area contributed by atoms with Gasteiger partial charge in [0.1, 0.15) is 17.4 Å². The average molecular weight is 397 g/mol. The summed E-state index contributed by atoms with van der Waals surface area (Å²) in [6.45, 7) is 4.69. The Labute approximate surface area is 169 Å². The molecular formula is C23H25F2N3O. The lowest BCUT2D eigenvalue weighted by atomic mass is 9.90. The summed E-state index contributed by atoms with van der Waals surface area (Å²) in [5.41, 5.74) is 3.68. The third-order valence-electron chi connectivity index (χ3n) is 5.68. The maximum Gasteiger partial charge on any atom is 0.134 e. The smallest absolute Gasteiger partial charge is 0.134 e. The standard InChI is InChI=1S/C23H25F2N3O/c1-15-11-16(8-9-21(15)29-2)13-28-10-4-5-17(14-28)23-18(12-26-27-23)22-19(24)6-3-7-20(22)25/h3,6-9,11-12,17H,4-5,10,13-14H2,1-2H3,(H,26,27). The van der Waals surface area contributed by atoms with Gasteiger partial charge in [0, 0.05) is 30.3 Å². The van der Waals surface area contributed by atoms with Crippen LogP contribution in [-0.4, -0.2) is 35.3 Å². The van der Waals surface area contributed by atoms with Gasteiger partial charge in [-0.3, -0.25) is 10.00 Å². The van der Waals surface area contributed by atoms with Crippen molar-refractivity contribution in [1.82, 2.24) is 15.1 Å². The number of methoxy groups -OCH3 is 1. The van der Waals surface area contributed by atoms with Crippen LogP contribution in [0, 0.1) is 18.6 Å². The van der Waals surface area contributed by atoms with Crippen LogP contribution in [0.2, 0.25) is 0 Å². The lowest BCUT2D eigenvalue weighted by Crippen LogP contribution is -2.34. The van der Waals surface area contributed by atoms with Crippen LogP contribution in [0.1, 0.15) is 35.6 Å². The van der Waals surface area contributed by atoms with Crippen molar-refractivity contribution in [1.29, 1.82) is 0 Å². The number of hydrogen-bond acceptors (Lipinski definition) is 3. The maximum absolute atomic E-state index is 14.3. The number of aromatic amines is 1. The molecule has 1 saturated heterocycles. The number of benzene rings is 2. The monoisotopic (exact) mass is 397 g/mol. The zero-order chi connectivity index (χ0) is 20.4. The van der Waals surface area contributed by atoms with Crippen molar-refractivity contribution >= 4 is 0 Å². The van der Waals surface area contributed by atoms with Gasteiger partial charge in [-0.1, -0.05) is 18.2 Å². The van der Waals surface area contributed by atoms with E-state index in [0.717, 1.165) is 49.5 Å². The Morgan fingerprint density at radius 3 is 2.72 bits per heavy atom. The van der Waals surface area contributed by atoms with E-state index in [1.807, 2.05) is 13.0 Å². The molecule has 6 heteroatoms. The van der Waals surface area contributed by atoms with Crippen LogP contribution < -0.4 is 4.74 Å².